The van der Waals surface area contributed by atoms with Gasteiger partial charge in [0.05, 0.1) is 0 Å². The highest BCUT2D eigenvalue weighted by Crippen LogP contribution is 2.48. The van der Waals surface area contributed by atoms with Crippen LogP contribution in [0.25, 0.3) is 0 Å². The van der Waals surface area contributed by atoms with Crippen molar-refractivity contribution in [2.75, 3.05) is 19.1 Å². The summed E-state index contributed by atoms with van der Waals surface area (Å²) < 4.78 is 5.61. The van der Waals surface area contributed by atoms with Gasteiger partial charge in [0.1, 0.15) is 0 Å². The second-order valence-electron chi connectivity index (χ2n) is 5.28. The van der Waals surface area contributed by atoms with Gasteiger partial charge in [0.25, 0.3) is 0 Å². The normalized spacial score (nSPS) is 21.2. The van der Waals surface area contributed by atoms with E-state index in [-0.39, 0.29) is 0 Å². The maximum atomic E-state index is 6.03. The van der Waals surface area contributed by atoms with Crippen LogP contribution in [0.2, 0.25) is 0 Å². The third kappa shape index (κ3) is 3.78. The Kier molecular flexibility index (Phi) is 4.72. The minimum absolute atomic E-state index is 0.332. The third-order valence-corrected chi connectivity index (χ3v) is 3.75. The summed E-state index contributed by atoms with van der Waals surface area (Å²) in [4.78, 5) is 0. The van der Waals surface area contributed by atoms with Crippen molar-refractivity contribution in [3.05, 3.63) is 0 Å². The quantitative estimate of drug-likeness (QED) is 0.468. The van der Waals surface area contributed by atoms with Gasteiger partial charge in [0, 0.05) is 19.1 Å². The zero-order chi connectivity index (χ0) is 10.6. The van der Waals surface area contributed by atoms with Gasteiger partial charge in [0.15, 0.2) is 0 Å². The minimum Gasteiger partial charge on any atom is -0.381 e. The molecule has 0 aromatic heterocycles. The highest BCUT2D eigenvalue weighted by molar-refractivity contribution is 6.18. The first-order valence-corrected chi connectivity index (χ1v) is 6.25. The molecule has 14 heavy (non-hydrogen) atoms. The van der Waals surface area contributed by atoms with E-state index in [1.54, 1.807) is 0 Å². The molecule has 84 valence electrons. The first kappa shape index (κ1) is 12.3. The standard InChI is InChI=1S/C12H23ClO/c1-10(2)8-14-7-6-12(3,9-13)11-4-5-11/h10-11H,4-9H2,1-3H3. The van der Waals surface area contributed by atoms with Crippen molar-refractivity contribution in [3.8, 4) is 0 Å². The van der Waals surface area contributed by atoms with Crippen LogP contribution in [-0.2, 0) is 4.74 Å². The summed E-state index contributed by atoms with van der Waals surface area (Å²) in [5.41, 5.74) is 0.332. The molecule has 0 aromatic rings. The van der Waals surface area contributed by atoms with Crippen LogP contribution in [0, 0.1) is 17.3 Å². The van der Waals surface area contributed by atoms with E-state index < -0.39 is 0 Å². The predicted octanol–water partition coefficient (Wildman–Crippen LogP) is 3.70. The Balaban J connectivity index is 2.14. The number of alkyl halides is 1. The van der Waals surface area contributed by atoms with Crippen LogP contribution in [0.3, 0.4) is 0 Å². The first-order valence-electron chi connectivity index (χ1n) is 5.72. The molecule has 0 spiro atoms. The van der Waals surface area contributed by atoms with Crippen LogP contribution in [-0.4, -0.2) is 19.1 Å². The molecule has 1 rings (SSSR count). The van der Waals surface area contributed by atoms with Crippen molar-refractivity contribution in [3.63, 3.8) is 0 Å². The molecule has 1 nitrogen and oxygen atoms in total. The maximum absolute atomic E-state index is 6.03. The lowest BCUT2D eigenvalue weighted by atomic mass is 9.84. The SMILES string of the molecule is CC(C)COCCC(C)(CCl)C1CC1. The first-order chi connectivity index (χ1) is 6.58. The smallest absolute Gasteiger partial charge is 0.0488 e. The summed E-state index contributed by atoms with van der Waals surface area (Å²) in [6, 6.07) is 0. The van der Waals surface area contributed by atoms with E-state index in [1.807, 2.05) is 0 Å². The van der Waals surface area contributed by atoms with E-state index in [0.717, 1.165) is 31.4 Å². The minimum atomic E-state index is 0.332. The second-order valence-corrected chi connectivity index (χ2v) is 5.55. The van der Waals surface area contributed by atoms with E-state index in [0.29, 0.717) is 11.3 Å². The predicted molar refractivity (Wildman–Crippen MR) is 61.8 cm³/mol. The van der Waals surface area contributed by atoms with E-state index in [9.17, 15) is 0 Å². The summed E-state index contributed by atoms with van der Waals surface area (Å²) in [6.07, 6.45) is 3.86. The van der Waals surface area contributed by atoms with Gasteiger partial charge in [-0.2, -0.15) is 0 Å². The Hall–Kier alpha value is 0.250. The highest BCUT2D eigenvalue weighted by Gasteiger charge is 2.40. The van der Waals surface area contributed by atoms with E-state index in [1.165, 1.54) is 12.8 Å². The highest BCUT2D eigenvalue weighted by atomic mass is 35.5. The van der Waals surface area contributed by atoms with E-state index in [2.05, 4.69) is 20.8 Å². The molecule has 2 heteroatoms. The second kappa shape index (κ2) is 5.37. The molecule has 1 aliphatic carbocycles. The number of hydrogen-bond donors (Lipinski definition) is 0. The van der Waals surface area contributed by atoms with Crippen LogP contribution >= 0.6 is 11.6 Å². The summed E-state index contributed by atoms with van der Waals surface area (Å²) in [7, 11) is 0. The van der Waals surface area contributed by atoms with Crippen LogP contribution in [0.15, 0.2) is 0 Å². The third-order valence-electron chi connectivity index (χ3n) is 3.14. The molecule has 0 amide bonds. The Morgan fingerprint density at radius 3 is 2.50 bits per heavy atom. The van der Waals surface area contributed by atoms with Gasteiger partial charge in [-0.05, 0) is 36.5 Å². The largest absolute Gasteiger partial charge is 0.381 e. The Morgan fingerprint density at radius 1 is 1.43 bits per heavy atom. The Labute approximate surface area is 93.2 Å². The molecule has 1 fully saturated rings. The monoisotopic (exact) mass is 218 g/mol. The summed E-state index contributed by atoms with van der Waals surface area (Å²) >= 11 is 6.03. The molecule has 0 aromatic carbocycles. The van der Waals surface area contributed by atoms with E-state index in [4.69, 9.17) is 16.3 Å². The van der Waals surface area contributed by atoms with Crippen molar-refractivity contribution < 1.29 is 4.74 Å². The van der Waals surface area contributed by atoms with Crippen molar-refractivity contribution >= 4 is 11.6 Å². The van der Waals surface area contributed by atoms with Crippen LogP contribution in [0.5, 0.6) is 0 Å². The zero-order valence-corrected chi connectivity index (χ0v) is 10.4. The van der Waals surface area contributed by atoms with Gasteiger partial charge in [-0.3, -0.25) is 0 Å². The van der Waals surface area contributed by atoms with Gasteiger partial charge in [-0.25, -0.2) is 0 Å². The number of hydrogen-bond acceptors (Lipinski definition) is 1. The van der Waals surface area contributed by atoms with Gasteiger partial charge >= 0.3 is 0 Å². The van der Waals surface area contributed by atoms with Crippen LogP contribution in [0.1, 0.15) is 40.0 Å². The van der Waals surface area contributed by atoms with Crippen LogP contribution in [0.4, 0.5) is 0 Å². The molecule has 1 aliphatic rings. The van der Waals surface area contributed by atoms with Crippen molar-refractivity contribution in [1.82, 2.24) is 0 Å². The number of halogens is 1. The van der Waals surface area contributed by atoms with Crippen LogP contribution < -0.4 is 0 Å². The lowest BCUT2D eigenvalue weighted by Crippen LogP contribution is -2.23. The molecule has 0 N–H and O–H groups in total. The van der Waals surface area contributed by atoms with Crippen molar-refractivity contribution in [1.29, 1.82) is 0 Å². The maximum Gasteiger partial charge on any atom is 0.0488 e. The van der Waals surface area contributed by atoms with Gasteiger partial charge < -0.3 is 4.74 Å². The zero-order valence-electron chi connectivity index (χ0n) is 9.68. The van der Waals surface area contributed by atoms with E-state index >= 15 is 0 Å². The number of ether oxygens (including phenoxy) is 1. The summed E-state index contributed by atoms with van der Waals surface area (Å²) in [5.74, 6) is 2.28. The summed E-state index contributed by atoms with van der Waals surface area (Å²) in [6.45, 7) is 8.42. The Bertz CT molecular complexity index is 166. The fourth-order valence-electron chi connectivity index (χ4n) is 1.78. The fourth-order valence-corrected chi connectivity index (χ4v) is 2.14. The molecular weight excluding hydrogens is 196 g/mol. The average Bonchev–Trinajstić information content (AvgIpc) is 2.95. The average molecular weight is 219 g/mol. The van der Waals surface area contributed by atoms with Gasteiger partial charge in [-0.1, -0.05) is 20.8 Å². The molecule has 1 saturated carbocycles. The molecule has 0 heterocycles. The van der Waals surface area contributed by atoms with Crippen molar-refractivity contribution in [2.45, 2.75) is 40.0 Å². The molecule has 1 unspecified atom stereocenters. The Morgan fingerprint density at radius 2 is 2.07 bits per heavy atom. The molecular formula is C12H23ClO. The van der Waals surface area contributed by atoms with Gasteiger partial charge in [-0.15, -0.1) is 11.6 Å². The molecule has 0 saturated heterocycles. The lowest BCUT2D eigenvalue weighted by molar-refractivity contribution is 0.0802. The van der Waals surface area contributed by atoms with Crippen molar-refractivity contribution in [2.24, 2.45) is 17.3 Å². The van der Waals surface area contributed by atoms with Gasteiger partial charge in [0.2, 0.25) is 0 Å². The summed E-state index contributed by atoms with van der Waals surface area (Å²) in [5, 5.41) is 0. The molecule has 0 radical (unpaired) electrons. The molecule has 0 bridgehead atoms. The number of rotatable bonds is 7. The molecule has 1 atom stereocenters. The lowest BCUT2D eigenvalue weighted by Gasteiger charge is -2.27. The molecule has 0 aliphatic heterocycles. The fraction of sp³-hybridized carbons (Fsp3) is 1.00. The topological polar surface area (TPSA) is 9.23 Å².